The largest absolute Gasteiger partial charge is 0.312 e. The van der Waals surface area contributed by atoms with Crippen LogP contribution >= 0.6 is 0 Å². The summed E-state index contributed by atoms with van der Waals surface area (Å²) in [7, 11) is 0. The van der Waals surface area contributed by atoms with Crippen LogP contribution in [0.5, 0.6) is 0 Å². The average Bonchev–Trinajstić information content (AvgIpc) is 2.51. The number of rotatable bonds is 2. The fourth-order valence-electron chi connectivity index (χ4n) is 4.08. The van der Waals surface area contributed by atoms with E-state index in [0.717, 1.165) is 26.2 Å². The number of nitrogens with zero attached hydrogens (tertiary/aromatic N) is 2. The highest BCUT2D eigenvalue weighted by atomic mass is 16.1. The fraction of sp³-hybridized carbons (Fsp3) is 0.421. The molecular formula is C19H22N2O. The van der Waals surface area contributed by atoms with Crippen LogP contribution < -0.4 is 5.56 Å². The summed E-state index contributed by atoms with van der Waals surface area (Å²) in [5.74, 6) is 1.11. The third-order valence-corrected chi connectivity index (χ3v) is 5.08. The van der Waals surface area contributed by atoms with E-state index in [2.05, 4.69) is 42.2 Å². The number of aryl methyl sites for hydroxylation is 1. The topological polar surface area (TPSA) is 25.2 Å². The molecule has 1 fully saturated rings. The summed E-state index contributed by atoms with van der Waals surface area (Å²) in [4.78, 5) is 14.6. The molecule has 2 aromatic rings. The van der Waals surface area contributed by atoms with Gasteiger partial charge in [-0.05, 0) is 30.9 Å². The maximum atomic E-state index is 12.0. The summed E-state index contributed by atoms with van der Waals surface area (Å²) < 4.78 is 2.00. The molecule has 0 saturated carbocycles. The molecule has 2 aliphatic heterocycles. The van der Waals surface area contributed by atoms with Crippen molar-refractivity contribution in [3.8, 4) is 0 Å². The third-order valence-electron chi connectivity index (χ3n) is 5.08. The molecule has 0 aliphatic carbocycles. The molecule has 114 valence electrons. The molecule has 2 aliphatic rings. The smallest absolute Gasteiger partial charge is 0.250 e. The SMILES string of the molecule is Cc1ccc(CN2C[C@H]3C[C@@H](C2)c2cccc(=O)n2C3)cc1. The van der Waals surface area contributed by atoms with Crippen LogP contribution in [0.15, 0.2) is 47.3 Å². The van der Waals surface area contributed by atoms with E-state index in [1.807, 2.05) is 10.6 Å². The van der Waals surface area contributed by atoms with Gasteiger partial charge in [0.25, 0.3) is 5.56 Å². The third kappa shape index (κ3) is 2.50. The van der Waals surface area contributed by atoms with Gasteiger partial charge in [0.2, 0.25) is 0 Å². The molecule has 0 unspecified atom stereocenters. The molecule has 1 saturated heterocycles. The van der Waals surface area contributed by atoms with Gasteiger partial charge in [-0.15, -0.1) is 0 Å². The highest BCUT2D eigenvalue weighted by molar-refractivity contribution is 5.22. The second-order valence-electron chi connectivity index (χ2n) is 6.88. The normalized spacial score (nSPS) is 24.0. The number of likely N-dealkylation sites (tertiary alicyclic amines) is 1. The molecule has 3 nitrogen and oxygen atoms in total. The standard InChI is InChI=1S/C19H22N2O/c1-14-5-7-15(8-6-14)10-20-11-16-9-17(13-20)18-3-2-4-19(22)21(18)12-16/h2-8,16-17H,9-13H2,1H3/t16-,17+/m1/s1. The van der Waals surface area contributed by atoms with Gasteiger partial charge >= 0.3 is 0 Å². The fourth-order valence-corrected chi connectivity index (χ4v) is 4.08. The van der Waals surface area contributed by atoms with Crippen molar-refractivity contribution in [2.75, 3.05) is 13.1 Å². The first-order valence-corrected chi connectivity index (χ1v) is 8.17. The molecule has 0 amide bonds. The van der Waals surface area contributed by atoms with E-state index in [4.69, 9.17) is 0 Å². The minimum absolute atomic E-state index is 0.166. The number of hydrogen-bond acceptors (Lipinski definition) is 2. The summed E-state index contributed by atoms with van der Waals surface area (Å²) in [6.07, 6.45) is 1.23. The van der Waals surface area contributed by atoms with Crippen LogP contribution in [0.4, 0.5) is 0 Å². The Kier molecular flexibility index (Phi) is 3.38. The van der Waals surface area contributed by atoms with Crippen LogP contribution in [-0.4, -0.2) is 22.6 Å². The van der Waals surface area contributed by atoms with Crippen LogP contribution in [0.3, 0.4) is 0 Å². The summed E-state index contributed by atoms with van der Waals surface area (Å²) in [6, 6.07) is 14.6. The van der Waals surface area contributed by atoms with Crippen LogP contribution in [0.25, 0.3) is 0 Å². The van der Waals surface area contributed by atoms with Gasteiger partial charge in [-0.25, -0.2) is 0 Å². The van der Waals surface area contributed by atoms with Crippen LogP contribution in [0, 0.1) is 12.8 Å². The van der Waals surface area contributed by atoms with E-state index in [9.17, 15) is 4.79 Å². The minimum Gasteiger partial charge on any atom is -0.312 e. The first-order chi connectivity index (χ1) is 10.7. The molecule has 1 aromatic heterocycles. The maximum Gasteiger partial charge on any atom is 0.250 e. The molecule has 0 radical (unpaired) electrons. The van der Waals surface area contributed by atoms with E-state index in [0.29, 0.717) is 11.8 Å². The number of pyridine rings is 1. The van der Waals surface area contributed by atoms with E-state index >= 15 is 0 Å². The zero-order valence-electron chi connectivity index (χ0n) is 13.0. The Morgan fingerprint density at radius 1 is 1.05 bits per heavy atom. The summed E-state index contributed by atoms with van der Waals surface area (Å²) >= 11 is 0. The predicted octanol–water partition coefficient (Wildman–Crippen LogP) is 2.78. The number of aromatic nitrogens is 1. The lowest BCUT2D eigenvalue weighted by Gasteiger charge is -2.42. The van der Waals surface area contributed by atoms with Crippen molar-refractivity contribution < 1.29 is 0 Å². The molecule has 1 aromatic carbocycles. The van der Waals surface area contributed by atoms with Gasteiger partial charge in [0.05, 0.1) is 0 Å². The number of fused-ring (bicyclic) bond motifs is 4. The Morgan fingerprint density at radius 2 is 1.86 bits per heavy atom. The van der Waals surface area contributed by atoms with Gasteiger partial charge in [0.1, 0.15) is 0 Å². The Hall–Kier alpha value is -1.87. The first kappa shape index (κ1) is 13.8. The summed E-state index contributed by atoms with van der Waals surface area (Å²) in [5, 5.41) is 0. The monoisotopic (exact) mass is 294 g/mol. The first-order valence-electron chi connectivity index (χ1n) is 8.17. The molecule has 3 heterocycles. The number of hydrogen-bond donors (Lipinski definition) is 0. The van der Waals surface area contributed by atoms with E-state index in [1.54, 1.807) is 6.07 Å². The molecular weight excluding hydrogens is 272 g/mol. The van der Waals surface area contributed by atoms with E-state index in [-0.39, 0.29) is 5.56 Å². The molecule has 22 heavy (non-hydrogen) atoms. The second-order valence-corrected chi connectivity index (χ2v) is 6.88. The van der Waals surface area contributed by atoms with Crippen LogP contribution in [0.1, 0.15) is 29.2 Å². The quantitative estimate of drug-likeness (QED) is 0.851. The maximum absolute atomic E-state index is 12.0. The summed E-state index contributed by atoms with van der Waals surface area (Å²) in [5.41, 5.74) is 4.10. The average molecular weight is 294 g/mol. The van der Waals surface area contributed by atoms with Crippen LogP contribution in [0.2, 0.25) is 0 Å². The Morgan fingerprint density at radius 3 is 2.68 bits per heavy atom. The molecule has 2 bridgehead atoms. The second kappa shape index (κ2) is 5.40. The van der Waals surface area contributed by atoms with Crippen molar-refractivity contribution >= 4 is 0 Å². The lowest BCUT2D eigenvalue weighted by molar-refractivity contribution is 0.114. The Balaban J connectivity index is 1.56. The summed E-state index contributed by atoms with van der Waals surface area (Å²) in [6.45, 7) is 6.20. The van der Waals surface area contributed by atoms with Crippen molar-refractivity contribution in [1.29, 1.82) is 0 Å². The van der Waals surface area contributed by atoms with Gasteiger partial charge in [-0.3, -0.25) is 9.69 Å². The van der Waals surface area contributed by atoms with Gasteiger partial charge in [-0.2, -0.15) is 0 Å². The van der Waals surface area contributed by atoms with Gasteiger partial charge in [0.15, 0.2) is 0 Å². The zero-order valence-corrected chi connectivity index (χ0v) is 13.0. The number of benzene rings is 1. The lowest BCUT2D eigenvalue weighted by atomic mass is 9.83. The zero-order chi connectivity index (χ0) is 15.1. The van der Waals surface area contributed by atoms with Crippen molar-refractivity contribution in [1.82, 2.24) is 9.47 Å². The van der Waals surface area contributed by atoms with E-state index in [1.165, 1.54) is 23.2 Å². The minimum atomic E-state index is 0.166. The van der Waals surface area contributed by atoms with Gasteiger partial charge in [-0.1, -0.05) is 35.9 Å². The number of piperidine rings is 1. The molecule has 0 N–H and O–H groups in total. The predicted molar refractivity (Wildman–Crippen MR) is 88.0 cm³/mol. The van der Waals surface area contributed by atoms with Crippen molar-refractivity contribution in [3.63, 3.8) is 0 Å². The molecule has 0 spiro atoms. The van der Waals surface area contributed by atoms with Crippen molar-refractivity contribution in [2.45, 2.75) is 32.4 Å². The van der Waals surface area contributed by atoms with Gasteiger partial charge in [0, 0.05) is 43.9 Å². The van der Waals surface area contributed by atoms with Crippen molar-refractivity contribution in [2.24, 2.45) is 5.92 Å². The Labute approximate surface area is 131 Å². The highest BCUT2D eigenvalue weighted by Gasteiger charge is 2.34. The van der Waals surface area contributed by atoms with E-state index < -0.39 is 0 Å². The molecule has 2 atom stereocenters. The van der Waals surface area contributed by atoms with Crippen molar-refractivity contribution in [3.05, 3.63) is 69.6 Å². The lowest BCUT2D eigenvalue weighted by Crippen LogP contribution is -2.46. The highest BCUT2D eigenvalue weighted by Crippen LogP contribution is 2.35. The molecule has 4 rings (SSSR count). The Bertz CT molecular complexity index is 732. The van der Waals surface area contributed by atoms with Gasteiger partial charge < -0.3 is 4.57 Å². The van der Waals surface area contributed by atoms with Crippen LogP contribution in [-0.2, 0) is 13.1 Å². The molecule has 3 heteroatoms.